The molecule has 2 aromatic heterocycles. The molecule has 0 saturated carbocycles. The minimum Gasteiger partial charge on any atom is -0.286 e. The maximum atomic E-state index is 13.4. The zero-order chi connectivity index (χ0) is 14.8. The van der Waals surface area contributed by atoms with Gasteiger partial charge in [0, 0.05) is 17.1 Å². The number of imidazole rings is 1. The van der Waals surface area contributed by atoms with Crippen LogP contribution in [0.1, 0.15) is 21.7 Å². The van der Waals surface area contributed by atoms with E-state index in [0.717, 1.165) is 4.96 Å². The van der Waals surface area contributed by atoms with E-state index in [0.29, 0.717) is 17.0 Å². The fourth-order valence-corrected chi connectivity index (χ4v) is 2.72. The topological polar surface area (TPSA) is 58.8 Å². The summed E-state index contributed by atoms with van der Waals surface area (Å²) in [5, 5.41) is 5.64. The lowest BCUT2D eigenvalue weighted by atomic mass is 10.2. The van der Waals surface area contributed by atoms with E-state index in [1.165, 1.54) is 23.6 Å². The lowest BCUT2D eigenvalue weighted by Crippen LogP contribution is -2.20. The zero-order valence-electron chi connectivity index (χ0n) is 11.1. The Kier molecular flexibility index (Phi) is 3.49. The van der Waals surface area contributed by atoms with Gasteiger partial charge in [0.05, 0.1) is 11.9 Å². The quantitative estimate of drug-likeness (QED) is 0.597. The van der Waals surface area contributed by atoms with Gasteiger partial charge in [-0.1, -0.05) is 18.2 Å². The maximum Gasteiger partial charge on any atom is 0.290 e. The molecule has 0 aliphatic heterocycles. The Morgan fingerprint density at radius 3 is 3.10 bits per heavy atom. The Labute approximate surface area is 123 Å². The number of carbonyl (C=O) groups is 1. The Balaban J connectivity index is 1.79. The fraction of sp³-hybridized carbons (Fsp3) is 0.0714. The molecule has 0 aliphatic carbocycles. The molecule has 1 aromatic carbocycles. The van der Waals surface area contributed by atoms with Gasteiger partial charge >= 0.3 is 0 Å². The third-order valence-corrected chi connectivity index (χ3v) is 3.68. The van der Waals surface area contributed by atoms with Gasteiger partial charge in [-0.05, 0) is 13.0 Å². The average Bonchev–Trinajstić information content (AvgIpc) is 3.00. The summed E-state index contributed by atoms with van der Waals surface area (Å²) in [5.41, 5.74) is 3.75. The number of benzene rings is 1. The highest BCUT2D eigenvalue weighted by Gasteiger charge is 2.16. The molecule has 5 nitrogen and oxygen atoms in total. The van der Waals surface area contributed by atoms with E-state index in [9.17, 15) is 9.18 Å². The number of nitrogens with one attached hydrogen (secondary N) is 1. The molecule has 3 aromatic rings. The number of halogens is 1. The Bertz CT molecular complexity index is 836. The molecule has 106 valence electrons. The monoisotopic (exact) mass is 302 g/mol. The van der Waals surface area contributed by atoms with Gasteiger partial charge in [0.2, 0.25) is 0 Å². The Morgan fingerprint density at radius 2 is 2.29 bits per heavy atom. The van der Waals surface area contributed by atoms with Crippen molar-refractivity contribution in [3.63, 3.8) is 0 Å². The van der Waals surface area contributed by atoms with Gasteiger partial charge in [-0.2, -0.15) is 5.10 Å². The highest BCUT2D eigenvalue weighted by molar-refractivity contribution is 7.15. The average molecular weight is 302 g/mol. The van der Waals surface area contributed by atoms with Crippen LogP contribution in [0.15, 0.2) is 40.9 Å². The minimum absolute atomic E-state index is 0.309. The normalized spacial score (nSPS) is 11.3. The molecule has 3 rings (SSSR count). The third kappa shape index (κ3) is 2.55. The summed E-state index contributed by atoms with van der Waals surface area (Å²) in [4.78, 5) is 17.2. The van der Waals surface area contributed by atoms with Crippen molar-refractivity contribution in [2.45, 2.75) is 6.92 Å². The van der Waals surface area contributed by atoms with Crippen LogP contribution < -0.4 is 5.43 Å². The van der Waals surface area contributed by atoms with Crippen molar-refractivity contribution in [1.82, 2.24) is 14.8 Å². The molecule has 0 saturated heterocycles. The van der Waals surface area contributed by atoms with Gasteiger partial charge in [-0.15, -0.1) is 11.3 Å². The molecule has 1 amide bonds. The first-order valence-electron chi connectivity index (χ1n) is 6.17. The number of aryl methyl sites for hydroxylation is 1. The van der Waals surface area contributed by atoms with Gasteiger partial charge < -0.3 is 0 Å². The van der Waals surface area contributed by atoms with Crippen LogP contribution in [0.25, 0.3) is 4.96 Å². The molecule has 0 radical (unpaired) electrons. The van der Waals surface area contributed by atoms with Crippen molar-refractivity contribution >= 4 is 28.4 Å². The number of nitrogens with zero attached hydrogens (tertiary/aromatic N) is 3. The number of aromatic nitrogens is 2. The summed E-state index contributed by atoms with van der Waals surface area (Å²) in [5.74, 6) is -0.776. The first-order chi connectivity index (χ1) is 10.2. The van der Waals surface area contributed by atoms with Gasteiger partial charge in [0.25, 0.3) is 5.91 Å². The van der Waals surface area contributed by atoms with Crippen LogP contribution in [0.3, 0.4) is 0 Å². The van der Waals surface area contributed by atoms with Crippen molar-refractivity contribution in [2.24, 2.45) is 5.10 Å². The summed E-state index contributed by atoms with van der Waals surface area (Å²) >= 11 is 1.45. The number of amides is 1. The molecule has 0 spiro atoms. The summed E-state index contributed by atoms with van der Waals surface area (Å²) < 4.78 is 15.1. The van der Waals surface area contributed by atoms with E-state index in [1.807, 2.05) is 5.38 Å². The summed E-state index contributed by atoms with van der Waals surface area (Å²) in [6, 6.07) is 6.20. The van der Waals surface area contributed by atoms with Crippen LogP contribution in [0, 0.1) is 12.7 Å². The summed E-state index contributed by atoms with van der Waals surface area (Å²) in [7, 11) is 0. The maximum absolute atomic E-state index is 13.4. The van der Waals surface area contributed by atoms with E-state index >= 15 is 0 Å². The Morgan fingerprint density at radius 1 is 1.48 bits per heavy atom. The first kappa shape index (κ1) is 13.4. The molecule has 7 heteroatoms. The molecule has 2 heterocycles. The standard InChI is InChI=1S/C14H11FN4OS/c1-9-12(19-6-7-21-14(19)17-9)13(20)18-16-8-10-4-2-3-5-11(10)15/h2-8H,1H3,(H,18,20)/b16-8-. The van der Waals surface area contributed by atoms with Crippen LogP contribution in [0.4, 0.5) is 4.39 Å². The van der Waals surface area contributed by atoms with Crippen molar-refractivity contribution in [2.75, 3.05) is 0 Å². The highest BCUT2D eigenvalue weighted by Crippen LogP contribution is 2.16. The second-order valence-electron chi connectivity index (χ2n) is 4.32. The van der Waals surface area contributed by atoms with Gasteiger partial charge in [-0.25, -0.2) is 14.8 Å². The molecule has 0 bridgehead atoms. The molecule has 0 atom stereocenters. The van der Waals surface area contributed by atoms with Gasteiger partial charge in [-0.3, -0.25) is 9.20 Å². The number of carbonyl (C=O) groups excluding carboxylic acids is 1. The molecular weight excluding hydrogens is 291 g/mol. The smallest absolute Gasteiger partial charge is 0.286 e. The number of hydrazone groups is 1. The van der Waals surface area contributed by atoms with E-state index in [2.05, 4.69) is 15.5 Å². The van der Waals surface area contributed by atoms with Crippen LogP contribution in [-0.4, -0.2) is 21.5 Å². The highest BCUT2D eigenvalue weighted by atomic mass is 32.1. The van der Waals surface area contributed by atoms with Crippen molar-refractivity contribution < 1.29 is 9.18 Å². The van der Waals surface area contributed by atoms with Gasteiger partial charge in [0.1, 0.15) is 11.5 Å². The molecular formula is C14H11FN4OS. The summed E-state index contributed by atoms with van der Waals surface area (Å²) in [6.07, 6.45) is 3.05. The molecule has 0 aliphatic rings. The predicted molar refractivity (Wildman–Crippen MR) is 79.3 cm³/mol. The zero-order valence-corrected chi connectivity index (χ0v) is 11.9. The number of fused-ring (bicyclic) bond motifs is 1. The lowest BCUT2D eigenvalue weighted by Gasteiger charge is -2.00. The number of hydrogen-bond acceptors (Lipinski definition) is 4. The molecule has 0 unspecified atom stereocenters. The van der Waals surface area contributed by atoms with Crippen LogP contribution in [0.2, 0.25) is 0 Å². The van der Waals surface area contributed by atoms with Crippen molar-refractivity contribution in [1.29, 1.82) is 0 Å². The van der Waals surface area contributed by atoms with Crippen molar-refractivity contribution in [3.8, 4) is 0 Å². The number of thiazole rings is 1. The van der Waals surface area contributed by atoms with Crippen molar-refractivity contribution in [3.05, 3.63) is 58.6 Å². The summed E-state index contributed by atoms with van der Waals surface area (Å²) in [6.45, 7) is 1.76. The second-order valence-corrected chi connectivity index (χ2v) is 5.20. The van der Waals surface area contributed by atoms with E-state index in [-0.39, 0.29) is 5.91 Å². The predicted octanol–water partition coefficient (Wildman–Crippen LogP) is 2.61. The Hall–Kier alpha value is -2.54. The second kappa shape index (κ2) is 5.45. The van der Waals surface area contributed by atoms with E-state index in [1.54, 1.807) is 35.7 Å². The van der Waals surface area contributed by atoms with E-state index < -0.39 is 5.82 Å². The van der Waals surface area contributed by atoms with E-state index in [4.69, 9.17) is 0 Å². The van der Waals surface area contributed by atoms with Crippen LogP contribution >= 0.6 is 11.3 Å². The molecule has 0 fully saturated rings. The third-order valence-electron chi connectivity index (χ3n) is 2.93. The SMILES string of the molecule is Cc1nc2sccn2c1C(=O)N/N=C\c1ccccc1F. The van der Waals surface area contributed by atoms with Gasteiger partial charge in [0.15, 0.2) is 4.96 Å². The lowest BCUT2D eigenvalue weighted by molar-refractivity contribution is 0.0948. The minimum atomic E-state index is -0.392. The number of hydrogen-bond donors (Lipinski definition) is 1. The molecule has 1 N–H and O–H groups in total. The molecule has 21 heavy (non-hydrogen) atoms. The fourth-order valence-electron chi connectivity index (χ4n) is 1.96. The van der Waals surface area contributed by atoms with Crippen LogP contribution in [-0.2, 0) is 0 Å². The largest absolute Gasteiger partial charge is 0.290 e. The first-order valence-corrected chi connectivity index (χ1v) is 7.05. The van der Waals surface area contributed by atoms with Crippen LogP contribution in [0.5, 0.6) is 0 Å². The number of rotatable bonds is 3.